The topological polar surface area (TPSA) is 15.3 Å². The summed E-state index contributed by atoms with van der Waals surface area (Å²) in [5, 5.41) is 3.55. The molecule has 0 aliphatic carbocycles. The maximum Gasteiger partial charge on any atom is 0.110 e. The monoisotopic (exact) mass is 214 g/mol. The van der Waals surface area contributed by atoms with Crippen molar-refractivity contribution in [1.29, 1.82) is 0 Å². The summed E-state index contributed by atoms with van der Waals surface area (Å²) in [5.41, 5.74) is 0.262. The first kappa shape index (κ1) is 11.3. The van der Waals surface area contributed by atoms with Crippen LogP contribution in [0.4, 0.5) is 4.39 Å². The van der Waals surface area contributed by atoms with Crippen molar-refractivity contribution in [1.82, 2.24) is 10.2 Å². The van der Waals surface area contributed by atoms with E-state index in [1.54, 1.807) is 6.92 Å². The van der Waals surface area contributed by atoms with Gasteiger partial charge in [-0.05, 0) is 52.6 Å². The fourth-order valence-corrected chi connectivity index (χ4v) is 3.43. The van der Waals surface area contributed by atoms with Crippen LogP contribution >= 0.6 is 0 Å². The number of nitrogens with one attached hydrogen (secondary N) is 1. The van der Waals surface area contributed by atoms with Gasteiger partial charge in [-0.15, -0.1) is 0 Å². The first-order valence-electron chi connectivity index (χ1n) is 6.28. The molecule has 0 aromatic heterocycles. The molecule has 2 heterocycles. The van der Waals surface area contributed by atoms with E-state index in [-0.39, 0.29) is 5.54 Å². The van der Waals surface area contributed by atoms with E-state index >= 15 is 0 Å². The Morgan fingerprint density at radius 1 is 1.47 bits per heavy atom. The van der Waals surface area contributed by atoms with Crippen LogP contribution in [0, 0.1) is 0 Å². The first-order chi connectivity index (χ1) is 7.15. The molecule has 1 N–H and O–H groups in total. The largest absolute Gasteiger partial charge is 0.312 e. The summed E-state index contributed by atoms with van der Waals surface area (Å²) in [6, 6.07) is 0.521. The molecule has 0 radical (unpaired) electrons. The normalized spacial score (nSPS) is 39.8. The lowest BCUT2D eigenvalue weighted by Crippen LogP contribution is -2.60. The summed E-state index contributed by atoms with van der Waals surface area (Å²) in [6.07, 6.45) is 4.26. The number of halogens is 1. The second kappa shape index (κ2) is 4.38. The molecule has 88 valence electrons. The van der Waals surface area contributed by atoms with Crippen molar-refractivity contribution in [3.8, 4) is 0 Å². The molecule has 0 aromatic rings. The van der Waals surface area contributed by atoms with Gasteiger partial charge in [0.2, 0.25) is 0 Å². The van der Waals surface area contributed by atoms with Crippen molar-refractivity contribution < 1.29 is 4.39 Å². The Labute approximate surface area is 92.2 Å². The summed E-state index contributed by atoms with van der Waals surface area (Å²) in [6.45, 7) is 6.77. The maximum atomic E-state index is 13.2. The van der Waals surface area contributed by atoms with Gasteiger partial charge in [0.25, 0.3) is 0 Å². The second-order valence-electron chi connectivity index (χ2n) is 5.21. The van der Waals surface area contributed by atoms with Crippen molar-refractivity contribution in [2.45, 2.75) is 57.3 Å². The van der Waals surface area contributed by atoms with E-state index in [0.717, 1.165) is 13.1 Å². The molecule has 0 amide bonds. The van der Waals surface area contributed by atoms with Gasteiger partial charge in [-0.2, -0.15) is 0 Å². The number of alkyl halides is 1. The SMILES string of the molecule is CC(F)CN1CCCC12CCCNC2C. The molecule has 2 rings (SSSR count). The van der Waals surface area contributed by atoms with Crippen LogP contribution in [0.5, 0.6) is 0 Å². The van der Waals surface area contributed by atoms with Crippen LogP contribution in [-0.2, 0) is 0 Å². The predicted octanol–water partition coefficient (Wildman–Crippen LogP) is 1.95. The Morgan fingerprint density at radius 2 is 2.20 bits per heavy atom. The zero-order valence-corrected chi connectivity index (χ0v) is 9.93. The quantitative estimate of drug-likeness (QED) is 0.756. The van der Waals surface area contributed by atoms with Crippen molar-refractivity contribution in [3.05, 3.63) is 0 Å². The smallest absolute Gasteiger partial charge is 0.110 e. The van der Waals surface area contributed by atoms with Gasteiger partial charge in [-0.25, -0.2) is 4.39 Å². The molecule has 2 aliphatic rings. The van der Waals surface area contributed by atoms with Gasteiger partial charge in [0.05, 0.1) is 0 Å². The fraction of sp³-hybridized carbons (Fsp3) is 1.00. The summed E-state index contributed by atoms with van der Waals surface area (Å²) in [7, 11) is 0. The molecule has 3 unspecified atom stereocenters. The lowest BCUT2D eigenvalue weighted by Gasteiger charge is -2.47. The van der Waals surface area contributed by atoms with E-state index in [9.17, 15) is 4.39 Å². The molecular formula is C12H23FN2. The molecule has 3 heteroatoms. The number of rotatable bonds is 2. The van der Waals surface area contributed by atoms with Gasteiger partial charge < -0.3 is 5.32 Å². The van der Waals surface area contributed by atoms with Crippen LogP contribution in [0.25, 0.3) is 0 Å². The molecule has 2 aliphatic heterocycles. The van der Waals surface area contributed by atoms with E-state index in [2.05, 4.69) is 17.1 Å². The summed E-state index contributed by atoms with van der Waals surface area (Å²) in [5.74, 6) is 0. The Bertz CT molecular complexity index is 220. The third-order valence-electron chi connectivity index (χ3n) is 4.18. The summed E-state index contributed by atoms with van der Waals surface area (Å²) >= 11 is 0. The molecule has 0 bridgehead atoms. The molecular weight excluding hydrogens is 191 g/mol. The van der Waals surface area contributed by atoms with E-state index in [1.807, 2.05) is 0 Å². The highest BCUT2D eigenvalue weighted by atomic mass is 19.1. The summed E-state index contributed by atoms with van der Waals surface area (Å²) < 4.78 is 13.2. The number of likely N-dealkylation sites (tertiary alicyclic amines) is 1. The second-order valence-corrected chi connectivity index (χ2v) is 5.21. The minimum Gasteiger partial charge on any atom is -0.312 e. The molecule has 0 aromatic carbocycles. The number of hydrogen-bond donors (Lipinski definition) is 1. The zero-order valence-electron chi connectivity index (χ0n) is 9.93. The minimum atomic E-state index is -0.700. The van der Waals surface area contributed by atoms with Crippen molar-refractivity contribution >= 4 is 0 Å². The fourth-order valence-electron chi connectivity index (χ4n) is 3.43. The Hall–Kier alpha value is -0.150. The zero-order chi connectivity index (χ0) is 10.9. The number of piperidine rings is 1. The molecule has 2 saturated heterocycles. The van der Waals surface area contributed by atoms with Crippen LogP contribution in [-0.4, -0.2) is 42.3 Å². The first-order valence-corrected chi connectivity index (χ1v) is 6.28. The van der Waals surface area contributed by atoms with Crippen LogP contribution in [0.15, 0.2) is 0 Å². The van der Waals surface area contributed by atoms with Gasteiger partial charge in [-0.1, -0.05) is 0 Å². The minimum absolute atomic E-state index is 0.262. The van der Waals surface area contributed by atoms with E-state index in [0.29, 0.717) is 12.6 Å². The standard InChI is InChI=1S/C12H23FN2/c1-10(13)9-15-8-4-6-12(15)5-3-7-14-11(12)2/h10-11,14H,3-9H2,1-2H3. The molecule has 0 saturated carbocycles. The van der Waals surface area contributed by atoms with Crippen LogP contribution in [0.1, 0.15) is 39.5 Å². The average Bonchev–Trinajstić information content (AvgIpc) is 2.55. The van der Waals surface area contributed by atoms with Gasteiger partial charge in [0.15, 0.2) is 0 Å². The van der Waals surface area contributed by atoms with Crippen molar-refractivity contribution in [2.75, 3.05) is 19.6 Å². The van der Waals surface area contributed by atoms with E-state index in [4.69, 9.17) is 0 Å². The van der Waals surface area contributed by atoms with Gasteiger partial charge in [0.1, 0.15) is 6.17 Å². The molecule has 2 nitrogen and oxygen atoms in total. The van der Waals surface area contributed by atoms with Crippen molar-refractivity contribution in [3.63, 3.8) is 0 Å². The third-order valence-corrected chi connectivity index (χ3v) is 4.18. The Kier molecular flexibility index (Phi) is 3.31. The van der Waals surface area contributed by atoms with E-state index in [1.165, 1.54) is 25.7 Å². The average molecular weight is 214 g/mol. The van der Waals surface area contributed by atoms with Crippen LogP contribution in [0.2, 0.25) is 0 Å². The van der Waals surface area contributed by atoms with Crippen LogP contribution < -0.4 is 5.32 Å². The lowest BCUT2D eigenvalue weighted by atomic mass is 9.81. The molecule has 2 fully saturated rings. The van der Waals surface area contributed by atoms with Gasteiger partial charge >= 0.3 is 0 Å². The van der Waals surface area contributed by atoms with Crippen LogP contribution in [0.3, 0.4) is 0 Å². The summed E-state index contributed by atoms with van der Waals surface area (Å²) in [4.78, 5) is 2.40. The van der Waals surface area contributed by atoms with Crippen molar-refractivity contribution in [2.24, 2.45) is 0 Å². The third kappa shape index (κ3) is 2.04. The molecule has 1 spiro atoms. The molecule has 15 heavy (non-hydrogen) atoms. The highest BCUT2D eigenvalue weighted by molar-refractivity contribution is 5.04. The van der Waals surface area contributed by atoms with Gasteiger partial charge in [-0.3, -0.25) is 4.90 Å². The molecule has 3 atom stereocenters. The highest BCUT2D eigenvalue weighted by Gasteiger charge is 2.46. The Morgan fingerprint density at radius 3 is 2.87 bits per heavy atom. The number of hydrogen-bond acceptors (Lipinski definition) is 2. The number of nitrogens with zero attached hydrogens (tertiary/aromatic N) is 1. The predicted molar refractivity (Wildman–Crippen MR) is 60.8 cm³/mol. The highest BCUT2D eigenvalue weighted by Crippen LogP contribution is 2.38. The van der Waals surface area contributed by atoms with Gasteiger partial charge in [0, 0.05) is 18.1 Å². The lowest BCUT2D eigenvalue weighted by molar-refractivity contribution is 0.0502. The van der Waals surface area contributed by atoms with E-state index < -0.39 is 6.17 Å². The maximum absolute atomic E-state index is 13.2. The Balaban J connectivity index is 2.09.